The maximum Gasteiger partial charge on any atom is 0.253 e. The largest absolute Gasteiger partial charge is 0.491 e. The lowest BCUT2D eigenvalue weighted by Crippen LogP contribution is -2.25. The third kappa shape index (κ3) is 3.59. The monoisotopic (exact) mass is 326 g/mol. The predicted octanol–water partition coefficient (Wildman–Crippen LogP) is 3.04. The predicted molar refractivity (Wildman–Crippen MR) is 93.3 cm³/mol. The first-order valence-electron chi connectivity index (χ1n) is 8.28. The molecule has 0 bridgehead atoms. The van der Waals surface area contributed by atoms with Crippen LogP contribution in [0.1, 0.15) is 35.8 Å². The Morgan fingerprint density at radius 2 is 2.25 bits per heavy atom. The Balaban J connectivity index is 1.67. The van der Waals surface area contributed by atoms with Crippen LogP contribution < -0.4 is 10.1 Å². The SMILES string of the molecule is CCCCOc1cccc2c(C(=O)NCCc3cnc[nH]3)c[nH]c12. The summed E-state index contributed by atoms with van der Waals surface area (Å²) in [6.07, 6.45) is 7.96. The smallest absolute Gasteiger partial charge is 0.253 e. The summed E-state index contributed by atoms with van der Waals surface area (Å²) in [5.74, 6) is 0.698. The summed E-state index contributed by atoms with van der Waals surface area (Å²) in [6, 6.07) is 5.77. The second-order valence-corrected chi connectivity index (χ2v) is 5.67. The van der Waals surface area contributed by atoms with Gasteiger partial charge < -0.3 is 20.0 Å². The summed E-state index contributed by atoms with van der Waals surface area (Å²) in [4.78, 5) is 22.6. The first kappa shape index (κ1) is 16.1. The minimum absolute atomic E-state index is 0.0912. The number of para-hydroxylation sites is 1. The molecule has 0 radical (unpaired) electrons. The van der Waals surface area contributed by atoms with E-state index in [1.165, 1.54) is 0 Å². The van der Waals surface area contributed by atoms with E-state index in [-0.39, 0.29) is 5.91 Å². The number of imidazole rings is 1. The molecule has 0 saturated heterocycles. The summed E-state index contributed by atoms with van der Waals surface area (Å²) in [7, 11) is 0. The van der Waals surface area contributed by atoms with Crippen LogP contribution in [0.25, 0.3) is 10.9 Å². The van der Waals surface area contributed by atoms with Crippen LogP contribution in [0.2, 0.25) is 0 Å². The lowest BCUT2D eigenvalue weighted by Gasteiger charge is -2.07. The first-order chi connectivity index (χ1) is 11.8. The molecular formula is C18H22N4O2. The second-order valence-electron chi connectivity index (χ2n) is 5.67. The summed E-state index contributed by atoms with van der Waals surface area (Å²) in [6.45, 7) is 3.37. The number of rotatable bonds is 8. The van der Waals surface area contributed by atoms with Gasteiger partial charge in [-0.2, -0.15) is 0 Å². The van der Waals surface area contributed by atoms with E-state index in [0.717, 1.165) is 41.6 Å². The van der Waals surface area contributed by atoms with Crippen LogP contribution in [0.5, 0.6) is 5.75 Å². The quantitative estimate of drug-likeness (QED) is 0.556. The van der Waals surface area contributed by atoms with Gasteiger partial charge in [0.25, 0.3) is 5.91 Å². The standard InChI is InChI=1S/C18H22N4O2/c1-2-3-9-24-16-6-4-5-14-15(11-21-17(14)16)18(23)20-8-7-13-10-19-12-22-13/h4-6,10-12,21H,2-3,7-9H2,1H3,(H,19,22)(H,20,23). The molecule has 0 aliphatic carbocycles. The van der Waals surface area contributed by atoms with Gasteiger partial charge in [0.15, 0.2) is 0 Å². The topological polar surface area (TPSA) is 82.8 Å². The summed E-state index contributed by atoms with van der Waals surface area (Å²) in [5, 5.41) is 3.82. The van der Waals surface area contributed by atoms with E-state index in [1.54, 1.807) is 18.7 Å². The minimum atomic E-state index is -0.0912. The van der Waals surface area contributed by atoms with Gasteiger partial charge in [-0.05, 0) is 12.5 Å². The number of nitrogens with one attached hydrogen (secondary N) is 3. The molecule has 1 amide bonds. The van der Waals surface area contributed by atoms with E-state index >= 15 is 0 Å². The molecule has 2 heterocycles. The van der Waals surface area contributed by atoms with Crippen molar-refractivity contribution < 1.29 is 9.53 Å². The molecule has 0 atom stereocenters. The summed E-state index contributed by atoms with van der Waals surface area (Å²) < 4.78 is 5.81. The van der Waals surface area contributed by atoms with E-state index in [2.05, 4.69) is 27.2 Å². The zero-order chi connectivity index (χ0) is 16.8. The van der Waals surface area contributed by atoms with E-state index in [1.807, 2.05) is 18.2 Å². The van der Waals surface area contributed by atoms with Crippen LogP contribution in [0.3, 0.4) is 0 Å². The number of unbranched alkanes of at least 4 members (excludes halogenated alkanes) is 1. The average Bonchev–Trinajstić information content (AvgIpc) is 3.24. The molecule has 0 aliphatic heterocycles. The van der Waals surface area contributed by atoms with Gasteiger partial charge in [0, 0.05) is 36.4 Å². The van der Waals surface area contributed by atoms with Crippen molar-refractivity contribution in [3.05, 3.63) is 48.2 Å². The average molecular weight is 326 g/mol. The Kier molecular flexibility index (Phi) is 5.15. The zero-order valence-electron chi connectivity index (χ0n) is 13.8. The number of benzene rings is 1. The fourth-order valence-electron chi connectivity index (χ4n) is 2.59. The number of H-pyrrole nitrogens is 2. The van der Waals surface area contributed by atoms with Crippen molar-refractivity contribution in [2.75, 3.05) is 13.2 Å². The number of amides is 1. The zero-order valence-corrected chi connectivity index (χ0v) is 13.8. The number of hydrogen-bond acceptors (Lipinski definition) is 3. The first-order valence-corrected chi connectivity index (χ1v) is 8.28. The van der Waals surface area contributed by atoms with Crippen molar-refractivity contribution in [3.63, 3.8) is 0 Å². The summed E-state index contributed by atoms with van der Waals surface area (Å²) >= 11 is 0. The molecule has 1 aromatic carbocycles. The molecule has 6 nitrogen and oxygen atoms in total. The normalized spacial score (nSPS) is 10.9. The highest BCUT2D eigenvalue weighted by Crippen LogP contribution is 2.27. The molecule has 126 valence electrons. The van der Waals surface area contributed by atoms with Crippen LogP contribution in [0.4, 0.5) is 0 Å². The van der Waals surface area contributed by atoms with Crippen molar-refractivity contribution in [1.82, 2.24) is 20.3 Å². The maximum atomic E-state index is 12.4. The fraction of sp³-hybridized carbons (Fsp3) is 0.333. The van der Waals surface area contributed by atoms with E-state index in [0.29, 0.717) is 18.7 Å². The third-order valence-electron chi connectivity index (χ3n) is 3.91. The van der Waals surface area contributed by atoms with Gasteiger partial charge >= 0.3 is 0 Å². The highest BCUT2D eigenvalue weighted by molar-refractivity contribution is 6.07. The number of ether oxygens (including phenoxy) is 1. The molecule has 3 rings (SSSR count). The van der Waals surface area contributed by atoms with Crippen LogP contribution in [0, 0.1) is 0 Å². The van der Waals surface area contributed by atoms with Crippen molar-refractivity contribution >= 4 is 16.8 Å². The number of aromatic nitrogens is 3. The van der Waals surface area contributed by atoms with E-state index in [4.69, 9.17) is 4.74 Å². The van der Waals surface area contributed by atoms with Gasteiger partial charge in [-0.25, -0.2) is 4.98 Å². The molecule has 6 heteroatoms. The lowest BCUT2D eigenvalue weighted by molar-refractivity contribution is 0.0956. The summed E-state index contributed by atoms with van der Waals surface area (Å²) in [5.41, 5.74) is 2.50. The van der Waals surface area contributed by atoms with E-state index < -0.39 is 0 Å². The van der Waals surface area contributed by atoms with Crippen molar-refractivity contribution in [1.29, 1.82) is 0 Å². The minimum Gasteiger partial charge on any atom is -0.491 e. The van der Waals surface area contributed by atoms with Gasteiger partial charge in [0.05, 0.1) is 24.0 Å². The van der Waals surface area contributed by atoms with Crippen LogP contribution in [0.15, 0.2) is 36.9 Å². The molecule has 0 saturated carbocycles. The number of carbonyl (C=O) groups excluding carboxylic acids is 1. The molecule has 3 N–H and O–H groups in total. The number of fused-ring (bicyclic) bond motifs is 1. The highest BCUT2D eigenvalue weighted by atomic mass is 16.5. The highest BCUT2D eigenvalue weighted by Gasteiger charge is 2.14. The molecule has 0 fully saturated rings. The number of aromatic amines is 2. The number of nitrogens with zero attached hydrogens (tertiary/aromatic N) is 1. The lowest BCUT2D eigenvalue weighted by atomic mass is 10.1. The Hall–Kier alpha value is -2.76. The van der Waals surface area contributed by atoms with Gasteiger partial charge in [0.1, 0.15) is 5.75 Å². The molecule has 24 heavy (non-hydrogen) atoms. The molecule has 3 aromatic rings. The Morgan fingerprint density at radius 3 is 3.04 bits per heavy atom. The van der Waals surface area contributed by atoms with Gasteiger partial charge in [0.2, 0.25) is 0 Å². The Labute approximate surface area is 140 Å². The Morgan fingerprint density at radius 1 is 1.33 bits per heavy atom. The van der Waals surface area contributed by atoms with Crippen molar-refractivity contribution in [2.24, 2.45) is 0 Å². The van der Waals surface area contributed by atoms with Gasteiger partial charge in [-0.15, -0.1) is 0 Å². The molecule has 0 unspecified atom stereocenters. The molecule has 0 aliphatic rings. The fourth-order valence-corrected chi connectivity index (χ4v) is 2.59. The number of hydrogen-bond donors (Lipinski definition) is 3. The van der Waals surface area contributed by atoms with Gasteiger partial charge in [-0.1, -0.05) is 25.5 Å². The molecule has 0 spiro atoms. The molecule has 2 aromatic heterocycles. The second kappa shape index (κ2) is 7.68. The third-order valence-corrected chi connectivity index (χ3v) is 3.91. The van der Waals surface area contributed by atoms with Crippen LogP contribution >= 0.6 is 0 Å². The van der Waals surface area contributed by atoms with Crippen molar-refractivity contribution in [3.8, 4) is 5.75 Å². The maximum absolute atomic E-state index is 12.4. The van der Waals surface area contributed by atoms with E-state index in [9.17, 15) is 4.79 Å². The number of carbonyl (C=O) groups is 1. The Bertz CT molecular complexity index is 793. The van der Waals surface area contributed by atoms with Gasteiger partial charge in [-0.3, -0.25) is 4.79 Å². The van der Waals surface area contributed by atoms with Crippen molar-refractivity contribution in [2.45, 2.75) is 26.2 Å². The molecular weight excluding hydrogens is 304 g/mol. The van der Waals surface area contributed by atoms with Crippen LogP contribution in [-0.4, -0.2) is 34.0 Å². The van der Waals surface area contributed by atoms with Crippen LogP contribution in [-0.2, 0) is 6.42 Å².